The molecule has 0 radical (unpaired) electrons. The summed E-state index contributed by atoms with van der Waals surface area (Å²) in [6, 6.07) is 1.32. The summed E-state index contributed by atoms with van der Waals surface area (Å²) in [6.07, 6.45) is 7.63. The third-order valence-corrected chi connectivity index (χ3v) is 12.4. The molecular weight excluding hydrogens is 645 g/mol. The van der Waals surface area contributed by atoms with Gasteiger partial charge in [0.1, 0.15) is 11.4 Å². The van der Waals surface area contributed by atoms with Gasteiger partial charge in [0.2, 0.25) is 11.2 Å². The molecule has 2 aromatic rings. The minimum Gasteiger partial charge on any atom is -0.477 e. The number of carboxylic acids is 1. The molecule has 2 aliphatic carbocycles. The van der Waals surface area contributed by atoms with Gasteiger partial charge in [-0.05, 0) is 76.3 Å². The number of rotatable bonds is 9. The summed E-state index contributed by atoms with van der Waals surface area (Å²) in [4.78, 5) is 38.7. The normalized spacial score (nSPS) is 37.5. The molecule has 1 spiro atoms. The standard InChI is InChI=1S/C35H45ClFN3O8/c1-18-5-8-25-19(2)32(45-33-35(25)24(18)9-11-34(3,46-33)47-48-35)44-14-4-12-38-20-10-13-39(16-20)29-26(37)15-22-28(27(29)36)40(21-6-7-21)17-23(30(22)41)31(42)43/h15,17-21,24-25,32-33,38H,4-14,16H2,1-3H3,(H,42,43)/t18-,19-,20?,24+,25+,32+,33-,34-,35-/m1/s1. The van der Waals surface area contributed by atoms with Crippen molar-refractivity contribution in [2.75, 3.05) is 31.1 Å². The molecule has 9 atom stereocenters. The summed E-state index contributed by atoms with van der Waals surface area (Å²) in [6.45, 7) is 8.80. The zero-order valence-corrected chi connectivity index (χ0v) is 28.5. The van der Waals surface area contributed by atoms with E-state index in [1.54, 1.807) is 4.57 Å². The van der Waals surface area contributed by atoms with Crippen LogP contribution in [0.3, 0.4) is 0 Å². The van der Waals surface area contributed by atoms with Crippen LogP contribution in [-0.4, -0.2) is 71.9 Å². The van der Waals surface area contributed by atoms with Gasteiger partial charge in [0.05, 0.1) is 28.2 Å². The summed E-state index contributed by atoms with van der Waals surface area (Å²) in [7, 11) is 0. The number of pyridine rings is 1. The molecule has 5 aliphatic heterocycles. The van der Waals surface area contributed by atoms with E-state index in [4.69, 9.17) is 35.6 Å². The number of benzene rings is 1. The van der Waals surface area contributed by atoms with Crippen LogP contribution in [-0.2, 0) is 24.0 Å². The third kappa shape index (κ3) is 5.29. The summed E-state index contributed by atoms with van der Waals surface area (Å²) in [5.74, 6) is -1.61. The van der Waals surface area contributed by atoms with Crippen LogP contribution in [0.4, 0.5) is 10.1 Å². The molecule has 5 saturated heterocycles. The summed E-state index contributed by atoms with van der Waals surface area (Å²) >= 11 is 6.84. The lowest BCUT2D eigenvalue weighted by molar-refractivity contribution is -0.577. The Morgan fingerprint density at radius 2 is 1.98 bits per heavy atom. The monoisotopic (exact) mass is 689 g/mol. The second-order valence-electron chi connectivity index (χ2n) is 15.1. The molecule has 7 aliphatic rings. The number of carbonyl (C=O) groups is 1. The van der Waals surface area contributed by atoms with Crippen molar-refractivity contribution in [2.45, 2.75) is 108 Å². The largest absolute Gasteiger partial charge is 0.477 e. The zero-order valence-electron chi connectivity index (χ0n) is 27.7. The number of ether oxygens (including phenoxy) is 3. The van der Waals surface area contributed by atoms with E-state index in [1.807, 2.05) is 11.8 Å². The van der Waals surface area contributed by atoms with Crippen molar-refractivity contribution >= 4 is 34.2 Å². The van der Waals surface area contributed by atoms with Gasteiger partial charge in [0, 0.05) is 49.6 Å². The fourth-order valence-electron chi connectivity index (χ4n) is 9.28. The van der Waals surface area contributed by atoms with Crippen LogP contribution >= 0.6 is 11.6 Å². The summed E-state index contributed by atoms with van der Waals surface area (Å²) in [5.41, 5.74) is -1.04. The minimum absolute atomic E-state index is 0.000568. The Hall–Kier alpha value is -2.32. The SMILES string of the molecule is C[C@H]1[C@@H](OCCCNC2CCN(c3c(F)cc4c(=O)c(C(=O)O)cn(C5CC5)c4c3Cl)C2)O[C@@H]2O[C@@]3(C)CC[C@H]4[C@H](C)CC[C@@H]1[C@@]24OO3. The number of halogens is 2. The zero-order chi connectivity index (χ0) is 33.5. The third-order valence-electron chi connectivity index (χ3n) is 12.0. The van der Waals surface area contributed by atoms with Crippen LogP contribution in [0.15, 0.2) is 17.1 Å². The Balaban J connectivity index is 0.888. The van der Waals surface area contributed by atoms with Crippen LogP contribution in [0.2, 0.25) is 5.02 Å². The second-order valence-corrected chi connectivity index (χ2v) is 15.5. The van der Waals surface area contributed by atoms with Gasteiger partial charge >= 0.3 is 5.97 Å². The molecule has 1 aromatic heterocycles. The Bertz CT molecular complexity index is 1670. The molecule has 1 unspecified atom stereocenters. The Morgan fingerprint density at radius 3 is 2.75 bits per heavy atom. The maximum Gasteiger partial charge on any atom is 0.341 e. The van der Waals surface area contributed by atoms with Crippen molar-refractivity contribution in [3.8, 4) is 0 Å². The predicted octanol–water partition coefficient (Wildman–Crippen LogP) is 5.61. The topological polar surface area (TPSA) is 121 Å². The highest BCUT2D eigenvalue weighted by atomic mass is 35.5. The fraction of sp³-hybridized carbons (Fsp3) is 0.714. The maximum atomic E-state index is 15.6. The number of anilines is 1. The number of hydrogen-bond acceptors (Lipinski definition) is 9. The van der Waals surface area contributed by atoms with E-state index in [1.165, 1.54) is 6.20 Å². The first-order valence-corrected chi connectivity index (χ1v) is 18.0. The molecule has 7 fully saturated rings. The van der Waals surface area contributed by atoms with Crippen molar-refractivity contribution < 1.29 is 38.3 Å². The number of aromatic carboxylic acids is 1. The lowest BCUT2D eigenvalue weighted by Crippen LogP contribution is -2.70. The number of aromatic nitrogens is 1. The minimum atomic E-state index is -1.33. The predicted molar refractivity (Wildman–Crippen MR) is 174 cm³/mol. The number of hydrogen-bond donors (Lipinski definition) is 2. The van der Waals surface area contributed by atoms with Crippen molar-refractivity contribution in [2.24, 2.45) is 23.7 Å². The van der Waals surface area contributed by atoms with Gasteiger partial charge in [0.25, 0.3) is 0 Å². The highest BCUT2D eigenvalue weighted by molar-refractivity contribution is 6.38. The van der Waals surface area contributed by atoms with Crippen molar-refractivity contribution in [3.63, 3.8) is 0 Å². The highest BCUT2D eigenvalue weighted by Gasteiger charge is 2.69. The summed E-state index contributed by atoms with van der Waals surface area (Å²) < 4.78 is 36.6. The quantitative estimate of drug-likeness (QED) is 0.254. The fourth-order valence-corrected chi connectivity index (χ4v) is 9.69. The first-order valence-electron chi connectivity index (χ1n) is 17.6. The average molecular weight is 690 g/mol. The van der Waals surface area contributed by atoms with E-state index in [-0.39, 0.29) is 45.6 Å². The van der Waals surface area contributed by atoms with Gasteiger partial charge in [-0.2, -0.15) is 0 Å². The number of carboxylic acid groups (broad SMARTS) is 1. The van der Waals surface area contributed by atoms with Gasteiger partial charge in [0.15, 0.2) is 18.2 Å². The van der Waals surface area contributed by atoms with Crippen molar-refractivity contribution in [3.05, 3.63) is 38.9 Å². The van der Waals surface area contributed by atoms with Gasteiger partial charge in [-0.1, -0.05) is 25.4 Å². The molecule has 262 valence electrons. The first-order chi connectivity index (χ1) is 23.0. The molecule has 13 heteroatoms. The lowest BCUT2D eigenvalue weighted by Gasteiger charge is -2.60. The van der Waals surface area contributed by atoms with E-state index < -0.39 is 41.2 Å². The van der Waals surface area contributed by atoms with Gasteiger partial charge < -0.3 is 34.1 Å². The van der Waals surface area contributed by atoms with E-state index in [2.05, 4.69) is 19.2 Å². The molecule has 6 heterocycles. The smallest absolute Gasteiger partial charge is 0.341 e. The number of nitrogens with zero attached hydrogens (tertiary/aromatic N) is 2. The highest BCUT2D eigenvalue weighted by Crippen LogP contribution is 2.60. The van der Waals surface area contributed by atoms with E-state index >= 15 is 4.39 Å². The molecule has 11 nitrogen and oxygen atoms in total. The second kappa shape index (κ2) is 12.2. The van der Waals surface area contributed by atoms with Gasteiger partial charge in [-0.3, -0.25) is 4.79 Å². The van der Waals surface area contributed by atoms with Gasteiger partial charge in [-0.15, -0.1) is 0 Å². The maximum absolute atomic E-state index is 15.6. The molecule has 2 saturated carbocycles. The van der Waals surface area contributed by atoms with E-state index in [0.717, 1.165) is 57.4 Å². The molecule has 2 bridgehead atoms. The van der Waals surface area contributed by atoms with Crippen molar-refractivity contribution in [1.29, 1.82) is 0 Å². The Morgan fingerprint density at radius 1 is 1.17 bits per heavy atom. The Kier molecular flexibility index (Phi) is 8.33. The van der Waals surface area contributed by atoms with Crippen LogP contribution < -0.4 is 15.6 Å². The number of nitrogens with one attached hydrogen (secondary N) is 1. The molecule has 1 aromatic carbocycles. The van der Waals surface area contributed by atoms with E-state index in [0.29, 0.717) is 43.6 Å². The van der Waals surface area contributed by atoms with E-state index in [9.17, 15) is 14.7 Å². The molecule has 0 amide bonds. The van der Waals surface area contributed by atoms with Crippen molar-refractivity contribution in [1.82, 2.24) is 9.88 Å². The molecule has 2 N–H and O–H groups in total. The first kappa shape index (κ1) is 32.9. The van der Waals surface area contributed by atoms with Crippen LogP contribution in [0.25, 0.3) is 10.9 Å². The van der Waals surface area contributed by atoms with Crippen LogP contribution in [0.1, 0.15) is 88.5 Å². The molecular formula is C35H45ClFN3O8. The van der Waals surface area contributed by atoms with Crippen LogP contribution in [0, 0.1) is 29.5 Å². The van der Waals surface area contributed by atoms with Gasteiger partial charge in [-0.25, -0.2) is 19.0 Å². The van der Waals surface area contributed by atoms with Crippen LogP contribution in [0.5, 0.6) is 0 Å². The lowest BCUT2D eigenvalue weighted by atomic mass is 9.58. The average Bonchev–Trinajstić information content (AvgIpc) is 3.83. The molecule has 9 rings (SSSR count). The molecule has 48 heavy (non-hydrogen) atoms. The summed E-state index contributed by atoms with van der Waals surface area (Å²) in [5, 5.41) is 13.3. The number of fused-ring (bicyclic) bond motifs is 3. The Labute approximate surface area is 283 Å².